The number of carbonyl (C=O) groups is 1. The summed E-state index contributed by atoms with van der Waals surface area (Å²) in [5.74, 6) is 0.103. The number of hydrogen-bond donors (Lipinski definition) is 1. The first-order valence-electron chi connectivity index (χ1n) is 10.4. The van der Waals surface area contributed by atoms with E-state index in [0.29, 0.717) is 23.5 Å². The van der Waals surface area contributed by atoms with Gasteiger partial charge >= 0.3 is 0 Å². The van der Waals surface area contributed by atoms with E-state index in [1.165, 1.54) is 12.1 Å². The maximum atomic E-state index is 13.2. The molecule has 1 heterocycles. The number of ether oxygens (including phenoxy) is 2. The average Bonchev–Trinajstić information content (AvgIpc) is 3.26. The summed E-state index contributed by atoms with van der Waals surface area (Å²) in [6.07, 6.45) is 0.341. The monoisotopic (exact) mass is 451 g/mol. The quantitative estimate of drug-likeness (QED) is 0.577. The largest absolute Gasteiger partial charge is 0.454 e. The number of amides is 1. The Bertz CT molecular complexity index is 1200. The van der Waals surface area contributed by atoms with E-state index >= 15 is 0 Å². The number of sulfonamides is 1. The Morgan fingerprint density at radius 2 is 1.56 bits per heavy atom. The minimum absolute atomic E-state index is 0.0550. The molecule has 1 N–H and O–H groups in total. The second kappa shape index (κ2) is 9.04. The fourth-order valence-electron chi connectivity index (χ4n) is 3.64. The first-order valence-corrected chi connectivity index (χ1v) is 11.9. The highest BCUT2D eigenvalue weighted by Gasteiger charge is 2.28. The lowest BCUT2D eigenvalue weighted by molar-refractivity contribution is -0.120. The first-order chi connectivity index (χ1) is 15.3. The summed E-state index contributed by atoms with van der Waals surface area (Å²) >= 11 is 0. The number of benzene rings is 3. The van der Waals surface area contributed by atoms with Gasteiger partial charge in [0.2, 0.25) is 12.7 Å². The third kappa shape index (κ3) is 4.78. The lowest BCUT2D eigenvalue weighted by Crippen LogP contribution is -2.35. The molecule has 0 saturated carbocycles. The molecule has 1 aliphatic heterocycles. The Balaban J connectivity index is 1.62. The van der Waals surface area contributed by atoms with Gasteiger partial charge in [0, 0.05) is 0 Å². The Kier molecular flexibility index (Phi) is 6.19. The molecule has 32 heavy (non-hydrogen) atoms. The number of rotatable bonds is 7. The lowest BCUT2D eigenvalue weighted by Gasteiger charge is -2.18. The normalized spacial score (nSPS) is 13.7. The van der Waals surface area contributed by atoms with Crippen molar-refractivity contribution < 1.29 is 22.7 Å². The molecule has 0 bridgehead atoms. The van der Waals surface area contributed by atoms with Gasteiger partial charge in [0.05, 0.1) is 10.8 Å². The second-order valence-electron chi connectivity index (χ2n) is 8.05. The van der Waals surface area contributed by atoms with Crippen molar-refractivity contribution in [1.82, 2.24) is 4.72 Å². The van der Waals surface area contributed by atoms with Crippen molar-refractivity contribution >= 4 is 15.9 Å². The Morgan fingerprint density at radius 3 is 2.25 bits per heavy atom. The van der Waals surface area contributed by atoms with Crippen molar-refractivity contribution in [2.45, 2.75) is 37.0 Å². The van der Waals surface area contributed by atoms with Crippen molar-refractivity contribution in [1.29, 1.82) is 0 Å². The summed E-state index contributed by atoms with van der Waals surface area (Å²) in [6.45, 7) is 4.19. The molecule has 1 atom stereocenters. The van der Waals surface area contributed by atoms with Crippen LogP contribution in [0.4, 0.5) is 0 Å². The van der Waals surface area contributed by atoms with Gasteiger partial charge < -0.3 is 9.47 Å². The highest BCUT2D eigenvalue weighted by atomic mass is 32.2. The van der Waals surface area contributed by atoms with Crippen LogP contribution >= 0.6 is 0 Å². The van der Waals surface area contributed by atoms with E-state index in [0.717, 1.165) is 11.1 Å². The highest BCUT2D eigenvalue weighted by molar-refractivity contribution is 7.90. The van der Waals surface area contributed by atoms with Crippen LogP contribution in [-0.2, 0) is 21.2 Å². The second-order valence-corrected chi connectivity index (χ2v) is 9.73. The van der Waals surface area contributed by atoms with Crippen LogP contribution in [-0.4, -0.2) is 21.1 Å². The fourth-order valence-corrected chi connectivity index (χ4v) is 4.66. The average molecular weight is 452 g/mol. The fraction of sp³-hybridized carbons (Fsp3) is 0.240. The molecule has 6 nitrogen and oxygen atoms in total. The maximum absolute atomic E-state index is 13.2. The molecule has 7 heteroatoms. The molecule has 3 aromatic rings. The third-order valence-corrected chi connectivity index (χ3v) is 6.85. The van der Waals surface area contributed by atoms with Crippen LogP contribution in [0.5, 0.6) is 11.5 Å². The van der Waals surface area contributed by atoms with E-state index < -0.39 is 21.8 Å². The minimum Gasteiger partial charge on any atom is -0.454 e. The van der Waals surface area contributed by atoms with Gasteiger partial charge in [0.15, 0.2) is 11.5 Å². The zero-order valence-electron chi connectivity index (χ0n) is 17.9. The molecule has 0 aliphatic carbocycles. The smallest absolute Gasteiger partial charge is 0.264 e. The van der Waals surface area contributed by atoms with Crippen LogP contribution in [0.2, 0.25) is 0 Å². The van der Waals surface area contributed by atoms with E-state index in [-0.39, 0.29) is 17.6 Å². The Labute approximate surface area is 188 Å². The molecule has 0 aromatic heterocycles. The lowest BCUT2D eigenvalue weighted by atomic mass is 9.91. The summed E-state index contributed by atoms with van der Waals surface area (Å²) in [5.41, 5.74) is 2.60. The Morgan fingerprint density at radius 1 is 0.906 bits per heavy atom. The molecular weight excluding hydrogens is 426 g/mol. The van der Waals surface area contributed by atoms with E-state index in [4.69, 9.17) is 9.47 Å². The summed E-state index contributed by atoms with van der Waals surface area (Å²) in [5, 5.41) is 0. The van der Waals surface area contributed by atoms with Gasteiger partial charge in [-0.1, -0.05) is 62.4 Å². The van der Waals surface area contributed by atoms with E-state index in [1.807, 2.05) is 44.2 Å². The van der Waals surface area contributed by atoms with Gasteiger partial charge in [-0.3, -0.25) is 4.79 Å². The number of fused-ring (bicyclic) bond motifs is 1. The summed E-state index contributed by atoms with van der Waals surface area (Å²) < 4.78 is 38.9. The molecule has 4 rings (SSSR count). The van der Waals surface area contributed by atoms with Gasteiger partial charge in [-0.2, -0.15) is 0 Å². The zero-order valence-corrected chi connectivity index (χ0v) is 18.8. The van der Waals surface area contributed by atoms with E-state index in [2.05, 4.69) is 4.72 Å². The van der Waals surface area contributed by atoms with Gasteiger partial charge in [0.25, 0.3) is 10.0 Å². The predicted octanol–water partition coefficient (Wildman–Crippen LogP) is 4.37. The van der Waals surface area contributed by atoms with Gasteiger partial charge in [-0.15, -0.1) is 0 Å². The standard InChI is InChI=1S/C25H25NO5S/c1-17(2)19-8-11-21(12-9-19)32(28,29)26-25(27)22(14-18-6-4-3-5-7-18)20-10-13-23-24(15-20)31-16-30-23/h3-13,15,17,22H,14,16H2,1-2H3,(H,26,27). The van der Waals surface area contributed by atoms with Crippen molar-refractivity contribution in [2.75, 3.05) is 6.79 Å². The summed E-state index contributed by atoms with van der Waals surface area (Å²) in [4.78, 5) is 13.3. The summed E-state index contributed by atoms with van der Waals surface area (Å²) in [7, 11) is -4.01. The first kappa shape index (κ1) is 21.9. The van der Waals surface area contributed by atoms with Crippen LogP contribution in [0.25, 0.3) is 0 Å². The van der Waals surface area contributed by atoms with Gasteiger partial charge in [-0.25, -0.2) is 13.1 Å². The maximum Gasteiger partial charge on any atom is 0.264 e. The van der Waals surface area contributed by atoms with Crippen LogP contribution in [0.3, 0.4) is 0 Å². The van der Waals surface area contributed by atoms with Gasteiger partial charge in [-0.05, 0) is 53.3 Å². The molecule has 1 aliphatic rings. The van der Waals surface area contributed by atoms with Crippen molar-refractivity contribution in [3.8, 4) is 11.5 Å². The number of carbonyl (C=O) groups excluding carboxylic acids is 1. The molecule has 1 unspecified atom stereocenters. The number of nitrogens with one attached hydrogen (secondary N) is 1. The summed E-state index contributed by atoms with van der Waals surface area (Å²) in [6, 6.07) is 21.3. The topological polar surface area (TPSA) is 81.7 Å². The molecule has 166 valence electrons. The third-order valence-electron chi connectivity index (χ3n) is 5.49. The Hall–Kier alpha value is -3.32. The molecule has 3 aromatic carbocycles. The molecule has 0 fully saturated rings. The van der Waals surface area contributed by atoms with Crippen molar-refractivity contribution in [3.63, 3.8) is 0 Å². The van der Waals surface area contributed by atoms with Crippen LogP contribution < -0.4 is 14.2 Å². The SMILES string of the molecule is CC(C)c1ccc(S(=O)(=O)NC(=O)C(Cc2ccccc2)c2ccc3c(c2)OCO3)cc1. The molecule has 0 saturated heterocycles. The minimum atomic E-state index is -4.01. The van der Waals surface area contributed by atoms with Gasteiger partial charge in [0.1, 0.15) is 0 Å². The van der Waals surface area contributed by atoms with Crippen LogP contribution in [0, 0.1) is 0 Å². The molecule has 0 radical (unpaired) electrons. The molecular formula is C25H25NO5S. The molecule has 1 amide bonds. The van der Waals surface area contributed by atoms with Crippen LogP contribution in [0.1, 0.15) is 42.4 Å². The highest BCUT2D eigenvalue weighted by Crippen LogP contribution is 2.35. The van der Waals surface area contributed by atoms with Crippen molar-refractivity contribution in [2.24, 2.45) is 0 Å². The van der Waals surface area contributed by atoms with Crippen LogP contribution in [0.15, 0.2) is 77.7 Å². The number of hydrogen-bond acceptors (Lipinski definition) is 5. The zero-order chi connectivity index (χ0) is 22.7. The van der Waals surface area contributed by atoms with E-state index in [1.54, 1.807) is 30.3 Å². The predicted molar refractivity (Wildman–Crippen MR) is 121 cm³/mol. The van der Waals surface area contributed by atoms with Crippen molar-refractivity contribution in [3.05, 3.63) is 89.5 Å². The molecule has 0 spiro atoms. The van der Waals surface area contributed by atoms with E-state index in [9.17, 15) is 13.2 Å².